The maximum Gasteiger partial charge on any atom is 0.416 e. The van der Waals surface area contributed by atoms with Gasteiger partial charge in [-0.2, -0.15) is 18.4 Å². The lowest BCUT2D eigenvalue weighted by Gasteiger charge is -2.13. The van der Waals surface area contributed by atoms with Gasteiger partial charge in [-0.15, -0.1) is 0 Å². The van der Waals surface area contributed by atoms with Gasteiger partial charge in [-0.3, -0.25) is 4.79 Å². The molecular formula is C17H12ClF3N2O3. The van der Waals surface area contributed by atoms with Crippen LogP contribution in [0.4, 0.5) is 18.9 Å². The molecule has 1 amide bonds. The maximum atomic E-state index is 12.5. The van der Waals surface area contributed by atoms with E-state index >= 15 is 0 Å². The number of nitrogens with zero attached hydrogens (tertiary/aromatic N) is 1. The van der Waals surface area contributed by atoms with E-state index in [0.717, 1.165) is 24.3 Å². The van der Waals surface area contributed by atoms with Crippen LogP contribution in [-0.2, 0) is 11.0 Å². The number of ether oxygens (including phenoxy) is 2. The van der Waals surface area contributed by atoms with E-state index in [-0.39, 0.29) is 27.8 Å². The highest BCUT2D eigenvalue weighted by Gasteiger charge is 2.30. The van der Waals surface area contributed by atoms with Crippen LogP contribution < -0.4 is 14.8 Å². The molecule has 0 aromatic heterocycles. The summed E-state index contributed by atoms with van der Waals surface area (Å²) < 4.78 is 47.9. The van der Waals surface area contributed by atoms with E-state index in [1.54, 1.807) is 0 Å². The summed E-state index contributed by atoms with van der Waals surface area (Å²) in [6.07, 6.45) is -4.45. The maximum absolute atomic E-state index is 12.5. The number of methoxy groups -OCH3 is 1. The zero-order valence-corrected chi connectivity index (χ0v) is 14.1. The summed E-state index contributed by atoms with van der Waals surface area (Å²) in [5, 5.41) is 11.4. The quantitative estimate of drug-likeness (QED) is 0.836. The highest BCUT2D eigenvalue weighted by molar-refractivity contribution is 6.32. The van der Waals surface area contributed by atoms with Crippen LogP contribution in [0.3, 0.4) is 0 Å². The fraction of sp³-hybridized carbons (Fsp3) is 0.176. The predicted molar refractivity (Wildman–Crippen MR) is 88.3 cm³/mol. The lowest BCUT2D eigenvalue weighted by molar-refractivity contribution is -0.137. The van der Waals surface area contributed by atoms with Gasteiger partial charge >= 0.3 is 6.18 Å². The summed E-state index contributed by atoms with van der Waals surface area (Å²) in [6.45, 7) is -0.455. The van der Waals surface area contributed by atoms with Crippen LogP contribution in [0.15, 0.2) is 36.4 Å². The van der Waals surface area contributed by atoms with Crippen LogP contribution >= 0.6 is 11.6 Å². The van der Waals surface area contributed by atoms with Crippen molar-refractivity contribution in [3.63, 3.8) is 0 Å². The molecule has 26 heavy (non-hydrogen) atoms. The van der Waals surface area contributed by atoms with Gasteiger partial charge in [0.15, 0.2) is 18.1 Å². The molecule has 136 valence electrons. The second-order valence-corrected chi connectivity index (χ2v) is 5.42. The Morgan fingerprint density at radius 1 is 1.27 bits per heavy atom. The Bertz CT molecular complexity index is 846. The Labute approximate surface area is 151 Å². The molecule has 0 fully saturated rings. The van der Waals surface area contributed by atoms with Crippen LogP contribution in [0.2, 0.25) is 5.02 Å². The second-order valence-electron chi connectivity index (χ2n) is 5.01. The van der Waals surface area contributed by atoms with Crippen molar-refractivity contribution in [3.05, 3.63) is 52.5 Å². The number of nitrogens with one attached hydrogen (secondary N) is 1. The van der Waals surface area contributed by atoms with Gasteiger partial charge in [-0.05, 0) is 30.3 Å². The summed E-state index contributed by atoms with van der Waals surface area (Å²) in [5.74, 6) is -0.348. The average molecular weight is 385 g/mol. The number of hydrogen-bond donors (Lipinski definition) is 1. The van der Waals surface area contributed by atoms with Gasteiger partial charge in [-0.1, -0.05) is 11.6 Å². The number of amides is 1. The second kappa shape index (κ2) is 7.97. The summed E-state index contributed by atoms with van der Waals surface area (Å²) in [6, 6.07) is 8.64. The van der Waals surface area contributed by atoms with Gasteiger partial charge in [0.2, 0.25) is 0 Å². The molecule has 0 aliphatic rings. The standard InChI is InChI=1S/C17H12ClF3N2O3/c1-25-14-7-10(8-22)6-13(18)16(14)26-9-15(24)23-12-4-2-11(3-5-12)17(19,20)21/h2-7H,9H2,1H3,(H,23,24). The van der Waals surface area contributed by atoms with E-state index in [4.69, 9.17) is 26.3 Å². The minimum atomic E-state index is -4.45. The van der Waals surface area contributed by atoms with Gasteiger partial charge in [-0.25, -0.2) is 0 Å². The molecule has 9 heteroatoms. The van der Waals surface area contributed by atoms with E-state index in [1.807, 2.05) is 6.07 Å². The summed E-state index contributed by atoms with van der Waals surface area (Å²) in [7, 11) is 1.35. The molecule has 0 atom stereocenters. The number of halogens is 4. The van der Waals surface area contributed by atoms with Crippen molar-refractivity contribution in [2.75, 3.05) is 19.0 Å². The molecule has 5 nitrogen and oxygen atoms in total. The van der Waals surface area contributed by atoms with Crippen molar-refractivity contribution < 1.29 is 27.4 Å². The first-order valence-electron chi connectivity index (χ1n) is 7.12. The van der Waals surface area contributed by atoms with Gasteiger partial charge in [0.25, 0.3) is 5.91 Å². The zero-order chi connectivity index (χ0) is 19.3. The minimum absolute atomic E-state index is 0.0794. The van der Waals surface area contributed by atoms with Crippen LogP contribution in [0.25, 0.3) is 0 Å². The number of alkyl halides is 3. The van der Waals surface area contributed by atoms with Crippen molar-refractivity contribution in [1.29, 1.82) is 5.26 Å². The highest BCUT2D eigenvalue weighted by atomic mass is 35.5. The van der Waals surface area contributed by atoms with Gasteiger partial charge < -0.3 is 14.8 Å². The van der Waals surface area contributed by atoms with E-state index in [2.05, 4.69) is 5.32 Å². The van der Waals surface area contributed by atoms with Crippen LogP contribution in [-0.4, -0.2) is 19.6 Å². The normalized spacial score (nSPS) is 10.8. The lowest BCUT2D eigenvalue weighted by Crippen LogP contribution is -2.20. The first-order chi connectivity index (χ1) is 12.2. The molecule has 0 radical (unpaired) electrons. The third-order valence-electron chi connectivity index (χ3n) is 3.20. The largest absolute Gasteiger partial charge is 0.493 e. The molecule has 0 bridgehead atoms. The van der Waals surface area contributed by atoms with Gasteiger partial charge in [0.05, 0.1) is 29.3 Å². The number of nitriles is 1. The molecule has 0 unspecified atom stereocenters. The van der Waals surface area contributed by atoms with E-state index < -0.39 is 24.3 Å². The zero-order valence-electron chi connectivity index (χ0n) is 13.4. The van der Waals surface area contributed by atoms with Crippen molar-refractivity contribution in [2.24, 2.45) is 0 Å². The van der Waals surface area contributed by atoms with Crippen LogP contribution in [0, 0.1) is 11.3 Å². The molecule has 1 N–H and O–H groups in total. The Balaban J connectivity index is 2.02. The van der Waals surface area contributed by atoms with E-state index in [1.165, 1.54) is 19.2 Å². The number of rotatable bonds is 5. The van der Waals surface area contributed by atoms with E-state index in [9.17, 15) is 18.0 Å². The third kappa shape index (κ3) is 4.80. The molecule has 0 saturated heterocycles. The fourth-order valence-corrected chi connectivity index (χ4v) is 2.27. The first-order valence-corrected chi connectivity index (χ1v) is 7.50. The smallest absolute Gasteiger partial charge is 0.416 e. The molecule has 0 heterocycles. The number of carbonyl (C=O) groups is 1. The van der Waals surface area contributed by atoms with Crippen molar-refractivity contribution in [3.8, 4) is 17.6 Å². The molecule has 0 saturated carbocycles. The van der Waals surface area contributed by atoms with Crippen LogP contribution in [0.5, 0.6) is 11.5 Å². The van der Waals surface area contributed by atoms with Crippen molar-refractivity contribution in [1.82, 2.24) is 0 Å². The Morgan fingerprint density at radius 3 is 2.46 bits per heavy atom. The number of anilines is 1. The van der Waals surface area contributed by atoms with Crippen LogP contribution in [0.1, 0.15) is 11.1 Å². The molecular weight excluding hydrogens is 373 g/mol. The molecule has 2 aromatic carbocycles. The summed E-state index contributed by atoms with van der Waals surface area (Å²) in [4.78, 5) is 11.9. The Kier molecular flexibility index (Phi) is 5.95. The number of hydrogen-bond acceptors (Lipinski definition) is 4. The molecule has 0 aliphatic carbocycles. The Morgan fingerprint density at radius 2 is 1.92 bits per heavy atom. The predicted octanol–water partition coefficient (Wildman–Crippen LogP) is 4.26. The average Bonchev–Trinajstić information content (AvgIpc) is 2.59. The summed E-state index contributed by atoms with van der Waals surface area (Å²) in [5.41, 5.74) is -0.376. The minimum Gasteiger partial charge on any atom is -0.493 e. The first kappa shape index (κ1) is 19.4. The van der Waals surface area contributed by atoms with E-state index in [0.29, 0.717) is 0 Å². The SMILES string of the molecule is COc1cc(C#N)cc(Cl)c1OCC(=O)Nc1ccc(C(F)(F)F)cc1. The number of benzene rings is 2. The summed E-state index contributed by atoms with van der Waals surface area (Å²) >= 11 is 6.00. The van der Waals surface area contributed by atoms with Gasteiger partial charge in [0, 0.05) is 11.8 Å². The highest BCUT2D eigenvalue weighted by Crippen LogP contribution is 2.36. The molecule has 2 rings (SSSR count). The Hall–Kier alpha value is -2.92. The lowest BCUT2D eigenvalue weighted by atomic mass is 10.2. The van der Waals surface area contributed by atoms with Gasteiger partial charge in [0.1, 0.15) is 0 Å². The fourth-order valence-electron chi connectivity index (χ4n) is 2.00. The molecule has 0 aliphatic heterocycles. The van der Waals surface area contributed by atoms with Crippen molar-refractivity contribution in [2.45, 2.75) is 6.18 Å². The number of carbonyl (C=O) groups excluding carboxylic acids is 1. The topological polar surface area (TPSA) is 71.3 Å². The molecule has 2 aromatic rings. The third-order valence-corrected chi connectivity index (χ3v) is 3.48. The monoisotopic (exact) mass is 384 g/mol. The molecule has 0 spiro atoms. The van der Waals surface area contributed by atoms with Crippen molar-refractivity contribution >= 4 is 23.2 Å².